The highest BCUT2D eigenvalue weighted by molar-refractivity contribution is 5.94. The fourth-order valence-corrected chi connectivity index (χ4v) is 1.20. The molecule has 4 heteroatoms. The van der Waals surface area contributed by atoms with E-state index in [4.69, 9.17) is 5.11 Å². The standard InChI is InChI=1S/C11H14N2O2/c1-7(2)6-13-10-9(11(14)15)8(3)4-5-12-10/h4-5H,1,6H2,2-3H3,(H,12,13)(H,14,15). The molecule has 0 radical (unpaired) electrons. The summed E-state index contributed by atoms with van der Waals surface area (Å²) in [5.41, 5.74) is 1.84. The summed E-state index contributed by atoms with van der Waals surface area (Å²) in [6.07, 6.45) is 1.59. The lowest BCUT2D eigenvalue weighted by Gasteiger charge is -2.09. The molecule has 0 aliphatic heterocycles. The van der Waals surface area contributed by atoms with Gasteiger partial charge in [0.2, 0.25) is 0 Å². The van der Waals surface area contributed by atoms with E-state index in [1.807, 2.05) is 6.92 Å². The lowest BCUT2D eigenvalue weighted by Crippen LogP contribution is -2.11. The Morgan fingerprint density at radius 1 is 1.67 bits per heavy atom. The minimum absolute atomic E-state index is 0.221. The predicted molar refractivity (Wildman–Crippen MR) is 59.2 cm³/mol. The summed E-state index contributed by atoms with van der Waals surface area (Å²) in [5, 5.41) is 12.0. The van der Waals surface area contributed by atoms with Crippen molar-refractivity contribution in [3.05, 3.63) is 35.5 Å². The third kappa shape index (κ3) is 2.80. The molecule has 80 valence electrons. The Hall–Kier alpha value is -1.84. The molecule has 0 unspecified atom stereocenters. The Balaban J connectivity index is 3.01. The number of rotatable bonds is 4. The number of aromatic carboxylic acids is 1. The summed E-state index contributed by atoms with van der Waals surface area (Å²) < 4.78 is 0. The first-order chi connectivity index (χ1) is 7.02. The molecule has 0 bridgehead atoms. The minimum Gasteiger partial charge on any atom is -0.478 e. The summed E-state index contributed by atoms with van der Waals surface area (Å²) >= 11 is 0. The molecular weight excluding hydrogens is 192 g/mol. The molecule has 0 aliphatic rings. The van der Waals surface area contributed by atoms with E-state index in [2.05, 4.69) is 16.9 Å². The first-order valence-electron chi connectivity index (χ1n) is 4.59. The van der Waals surface area contributed by atoms with Crippen molar-refractivity contribution in [3.8, 4) is 0 Å². The second-order valence-corrected chi connectivity index (χ2v) is 3.47. The number of hydrogen-bond donors (Lipinski definition) is 2. The summed E-state index contributed by atoms with van der Waals surface area (Å²) in [6, 6.07) is 1.68. The van der Waals surface area contributed by atoms with Crippen molar-refractivity contribution >= 4 is 11.8 Å². The summed E-state index contributed by atoms with van der Waals surface area (Å²) in [4.78, 5) is 15.0. The number of aromatic nitrogens is 1. The van der Waals surface area contributed by atoms with E-state index in [9.17, 15) is 4.79 Å². The van der Waals surface area contributed by atoms with Crippen LogP contribution in [0.25, 0.3) is 0 Å². The van der Waals surface area contributed by atoms with Gasteiger partial charge in [-0.1, -0.05) is 12.2 Å². The molecule has 1 aromatic heterocycles. The van der Waals surface area contributed by atoms with Crippen molar-refractivity contribution in [3.63, 3.8) is 0 Å². The van der Waals surface area contributed by atoms with E-state index in [-0.39, 0.29) is 5.56 Å². The molecular formula is C11H14N2O2. The molecule has 0 amide bonds. The van der Waals surface area contributed by atoms with Crippen LogP contribution in [-0.4, -0.2) is 22.6 Å². The number of anilines is 1. The SMILES string of the molecule is C=C(C)CNc1nccc(C)c1C(=O)O. The van der Waals surface area contributed by atoms with Crippen LogP contribution in [-0.2, 0) is 0 Å². The zero-order chi connectivity index (χ0) is 11.4. The van der Waals surface area contributed by atoms with Gasteiger partial charge in [-0.05, 0) is 25.5 Å². The van der Waals surface area contributed by atoms with E-state index in [0.29, 0.717) is 17.9 Å². The number of carboxylic acids is 1. The molecule has 0 atom stereocenters. The van der Waals surface area contributed by atoms with Crippen LogP contribution in [0.1, 0.15) is 22.8 Å². The third-order valence-electron chi connectivity index (χ3n) is 1.93. The first-order valence-corrected chi connectivity index (χ1v) is 4.59. The van der Waals surface area contributed by atoms with Crippen molar-refractivity contribution in [2.45, 2.75) is 13.8 Å². The van der Waals surface area contributed by atoms with Gasteiger partial charge in [-0.25, -0.2) is 9.78 Å². The Bertz CT molecular complexity index is 400. The molecule has 0 aromatic carbocycles. The van der Waals surface area contributed by atoms with Gasteiger partial charge in [-0.3, -0.25) is 0 Å². The lowest BCUT2D eigenvalue weighted by atomic mass is 10.1. The topological polar surface area (TPSA) is 62.2 Å². The molecule has 4 nitrogen and oxygen atoms in total. The molecule has 1 rings (SSSR count). The maximum atomic E-state index is 11.0. The van der Waals surface area contributed by atoms with Gasteiger partial charge in [0.05, 0.1) is 0 Å². The number of carboxylic acid groups (broad SMARTS) is 1. The van der Waals surface area contributed by atoms with Crippen molar-refractivity contribution in [1.82, 2.24) is 4.98 Å². The number of nitrogens with zero attached hydrogens (tertiary/aromatic N) is 1. The summed E-state index contributed by atoms with van der Waals surface area (Å²) in [6.45, 7) is 7.87. The fourth-order valence-electron chi connectivity index (χ4n) is 1.20. The van der Waals surface area contributed by atoms with Crippen molar-refractivity contribution < 1.29 is 9.90 Å². The van der Waals surface area contributed by atoms with E-state index in [1.165, 1.54) is 0 Å². The van der Waals surface area contributed by atoms with E-state index >= 15 is 0 Å². The van der Waals surface area contributed by atoms with E-state index in [0.717, 1.165) is 5.57 Å². The molecule has 0 saturated carbocycles. The van der Waals surface area contributed by atoms with E-state index in [1.54, 1.807) is 19.2 Å². The molecule has 0 saturated heterocycles. The number of hydrogen-bond acceptors (Lipinski definition) is 3. The van der Waals surface area contributed by atoms with Crippen molar-refractivity contribution in [2.24, 2.45) is 0 Å². The van der Waals surface area contributed by atoms with Crippen LogP contribution in [0.2, 0.25) is 0 Å². The maximum absolute atomic E-state index is 11.0. The predicted octanol–water partition coefficient (Wildman–Crippen LogP) is 2.08. The second-order valence-electron chi connectivity index (χ2n) is 3.47. The Labute approximate surface area is 88.7 Å². The molecule has 0 spiro atoms. The van der Waals surface area contributed by atoms with Crippen LogP contribution >= 0.6 is 0 Å². The molecule has 0 aliphatic carbocycles. The minimum atomic E-state index is -0.968. The molecule has 0 fully saturated rings. The zero-order valence-corrected chi connectivity index (χ0v) is 8.87. The Kier molecular flexibility index (Phi) is 3.44. The molecule has 1 aromatic rings. The average Bonchev–Trinajstić information content (AvgIpc) is 2.13. The monoisotopic (exact) mass is 206 g/mol. The van der Waals surface area contributed by atoms with Crippen LogP contribution < -0.4 is 5.32 Å². The van der Waals surface area contributed by atoms with Gasteiger partial charge in [0.1, 0.15) is 11.4 Å². The van der Waals surface area contributed by atoms with Gasteiger partial charge < -0.3 is 10.4 Å². The van der Waals surface area contributed by atoms with Gasteiger partial charge >= 0.3 is 5.97 Å². The number of pyridine rings is 1. The van der Waals surface area contributed by atoms with Crippen molar-refractivity contribution in [1.29, 1.82) is 0 Å². The molecule has 1 heterocycles. The second kappa shape index (κ2) is 4.59. The van der Waals surface area contributed by atoms with Gasteiger partial charge in [-0.15, -0.1) is 0 Å². The van der Waals surface area contributed by atoms with Gasteiger partial charge in [0, 0.05) is 12.7 Å². The highest BCUT2D eigenvalue weighted by Gasteiger charge is 2.13. The number of nitrogens with one attached hydrogen (secondary N) is 1. The third-order valence-corrected chi connectivity index (χ3v) is 1.93. The summed E-state index contributed by atoms with van der Waals surface area (Å²) in [5.74, 6) is -0.574. The highest BCUT2D eigenvalue weighted by atomic mass is 16.4. The quantitative estimate of drug-likeness (QED) is 0.740. The van der Waals surface area contributed by atoms with Crippen LogP contribution in [0, 0.1) is 6.92 Å². The van der Waals surface area contributed by atoms with Crippen LogP contribution in [0.15, 0.2) is 24.4 Å². The zero-order valence-electron chi connectivity index (χ0n) is 8.87. The van der Waals surface area contributed by atoms with Gasteiger partial charge in [-0.2, -0.15) is 0 Å². The normalized spacial score (nSPS) is 9.73. The Morgan fingerprint density at radius 3 is 2.87 bits per heavy atom. The number of aryl methyl sites for hydroxylation is 1. The van der Waals surface area contributed by atoms with Crippen molar-refractivity contribution in [2.75, 3.05) is 11.9 Å². The smallest absolute Gasteiger partial charge is 0.339 e. The average molecular weight is 206 g/mol. The number of carbonyl (C=O) groups is 1. The fraction of sp³-hybridized carbons (Fsp3) is 0.273. The van der Waals surface area contributed by atoms with E-state index < -0.39 is 5.97 Å². The molecule has 15 heavy (non-hydrogen) atoms. The first kappa shape index (κ1) is 11.2. The lowest BCUT2D eigenvalue weighted by molar-refractivity contribution is 0.0697. The van der Waals surface area contributed by atoms with Crippen LogP contribution in [0.4, 0.5) is 5.82 Å². The van der Waals surface area contributed by atoms with Gasteiger partial charge in [0.15, 0.2) is 0 Å². The van der Waals surface area contributed by atoms with Crippen LogP contribution in [0.3, 0.4) is 0 Å². The Morgan fingerprint density at radius 2 is 2.33 bits per heavy atom. The van der Waals surface area contributed by atoms with Crippen LogP contribution in [0.5, 0.6) is 0 Å². The molecule has 2 N–H and O–H groups in total. The summed E-state index contributed by atoms with van der Waals surface area (Å²) in [7, 11) is 0. The maximum Gasteiger partial charge on any atom is 0.339 e. The highest BCUT2D eigenvalue weighted by Crippen LogP contribution is 2.16. The van der Waals surface area contributed by atoms with Gasteiger partial charge in [0.25, 0.3) is 0 Å². The largest absolute Gasteiger partial charge is 0.478 e.